The van der Waals surface area contributed by atoms with Gasteiger partial charge in [0.1, 0.15) is 0 Å². The summed E-state index contributed by atoms with van der Waals surface area (Å²) >= 11 is 0. The van der Waals surface area contributed by atoms with Gasteiger partial charge in [-0.05, 0) is 23.7 Å². The van der Waals surface area contributed by atoms with Crippen molar-refractivity contribution in [1.82, 2.24) is 0 Å². The smallest absolute Gasteiger partial charge is 0.363 e. The second kappa shape index (κ2) is 14.2. The van der Waals surface area contributed by atoms with Crippen molar-refractivity contribution in [1.29, 1.82) is 0 Å². The van der Waals surface area contributed by atoms with E-state index in [1.54, 1.807) is 30.3 Å². The van der Waals surface area contributed by atoms with Gasteiger partial charge in [-0.15, -0.1) is 4.52 Å². The van der Waals surface area contributed by atoms with Gasteiger partial charge in [0.2, 0.25) is 6.10 Å². The van der Waals surface area contributed by atoms with E-state index in [1.807, 2.05) is 0 Å². The summed E-state index contributed by atoms with van der Waals surface area (Å²) in [5.41, 5.74) is -1.45. The molecule has 1 aromatic carbocycles. The lowest BCUT2D eigenvalue weighted by molar-refractivity contribution is -0.187. The number of aliphatic carboxylic acids is 1. The molecule has 0 heterocycles. The van der Waals surface area contributed by atoms with Crippen LogP contribution in [0.4, 0.5) is 0 Å². The SMILES string of the molecule is CCCCCCCCOC(=O)[C@H](C)O[P+]([O-])=N[C@](Cc1ccccc1)(OC)C(=O)O. The maximum absolute atomic E-state index is 12.3. The highest BCUT2D eigenvalue weighted by atomic mass is 31.1. The average Bonchev–Trinajstić information content (AvgIpc) is 2.72. The molecule has 3 atom stereocenters. The van der Waals surface area contributed by atoms with Crippen LogP contribution in [0.5, 0.6) is 0 Å². The average molecular weight is 441 g/mol. The Balaban J connectivity index is 2.62. The molecule has 1 rings (SSSR count). The molecule has 0 spiro atoms. The normalized spacial score (nSPS) is 14.7. The first-order valence-corrected chi connectivity index (χ1v) is 11.3. The maximum atomic E-state index is 12.3. The highest BCUT2D eigenvalue weighted by molar-refractivity contribution is 7.33. The fraction of sp³-hybridized carbons (Fsp3) is 0.619. The molecule has 0 aromatic heterocycles. The van der Waals surface area contributed by atoms with Gasteiger partial charge in [-0.1, -0.05) is 69.4 Å². The number of carboxylic acid groups (broad SMARTS) is 1. The van der Waals surface area contributed by atoms with Crippen LogP contribution < -0.4 is 4.89 Å². The third-order valence-electron chi connectivity index (χ3n) is 4.52. The highest BCUT2D eigenvalue weighted by Gasteiger charge is 2.43. The Kier molecular flexibility index (Phi) is 12.4. The minimum Gasteiger partial charge on any atom is -0.583 e. The van der Waals surface area contributed by atoms with Crippen LogP contribution in [-0.4, -0.2) is 42.6 Å². The number of hydrogen-bond acceptors (Lipinski definition) is 7. The molecule has 0 radical (unpaired) electrons. The number of carbonyl (C=O) groups is 2. The summed E-state index contributed by atoms with van der Waals surface area (Å²) in [6, 6.07) is 8.70. The van der Waals surface area contributed by atoms with Gasteiger partial charge >= 0.3 is 25.8 Å². The van der Waals surface area contributed by atoms with E-state index in [9.17, 15) is 19.6 Å². The Morgan fingerprint density at radius 2 is 1.80 bits per heavy atom. The Morgan fingerprint density at radius 3 is 2.40 bits per heavy atom. The second-order valence-corrected chi connectivity index (χ2v) is 7.86. The summed E-state index contributed by atoms with van der Waals surface area (Å²) < 4.78 is 19.1. The summed E-state index contributed by atoms with van der Waals surface area (Å²) in [7, 11) is -1.67. The molecular formula is C21H32NO7P. The number of unbranched alkanes of at least 4 members (excludes halogenated alkanes) is 5. The molecule has 0 fully saturated rings. The van der Waals surface area contributed by atoms with Gasteiger partial charge in [-0.25, -0.2) is 9.59 Å². The van der Waals surface area contributed by atoms with Crippen molar-refractivity contribution in [3.05, 3.63) is 35.9 Å². The summed E-state index contributed by atoms with van der Waals surface area (Å²) in [5, 5.41) is 9.60. The van der Waals surface area contributed by atoms with Crippen LogP contribution in [0, 0.1) is 0 Å². The topological polar surface area (TPSA) is 117 Å². The molecule has 1 unspecified atom stereocenters. The van der Waals surface area contributed by atoms with Crippen molar-refractivity contribution >= 4 is 20.1 Å². The van der Waals surface area contributed by atoms with Gasteiger partial charge in [0.15, 0.2) is 0 Å². The number of rotatable bonds is 15. The lowest BCUT2D eigenvalue weighted by Gasteiger charge is -2.21. The van der Waals surface area contributed by atoms with E-state index >= 15 is 0 Å². The summed E-state index contributed by atoms with van der Waals surface area (Å²) in [5.74, 6) is -2.07. The van der Waals surface area contributed by atoms with Crippen LogP contribution in [0.3, 0.4) is 0 Å². The fourth-order valence-corrected chi connectivity index (χ4v) is 3.64. The zero-order chi connectivity index (χ0) is 22.4. The van der Waals surface area contributed by atoms with E-state index < -0.39 is 31.9 Å². The first-order valence-electron chi connectivity index (χ1n) is 10.2. The first kappa shape index (κ1) is 26.2. The molecule has 168 valence electrons. The van der Waals surface area contributed by atoms with E-state index in [0.29, 0.717) is 5.56 Å². The van der Waals surface area contributed by atoms with Gasteiger partial charge in [0.05, 0.1) is 6.61 Å². The summed E-state index contributed by atoms with van der Waals surface area (Å²) in [6.45, 7) is 3.80. The highest BCUT2D eigenvalue weighted by Crippen LogP contribution is 2.30. The van der Waals surface area contributed by atoms with E-state index in [-0.39, 0.29) is 13.0 Å². The van der Waals surface area contributed by atoms with Crippen molar-refractivity contribution < 1.29 is 33.6 Å². The number of esters is 1. The largest absolute Gasteiger partial charge is 0.583 e. The third kappa shape index (κ3) is 9.30. The lowest BCUT2D eigenvalue weighted by Crippen LogP contribution is -2.41. The zero-order valence-corrected chi connectivity index (χ0v) is 18.8. The van der Waals surface area contributed by atoms with Crippen molar-refractivity contribution in [3.8, 4) is 0 Å². The molecule has 30 heavy (non-hydrogen) atoms. The Hall–Kier alpha value is -1.86. The minimum absolute atomic E-state index is 0.138. The molecule has 0 saturated heterocycles. The lowest BCUT2D eigenvalue weighted by atomic mass is 10.0. The Labute approximate surface area is 179 Å². The van der Waals surface area contributed by atoms with E-state index in [0.717, 1.165) is 19.3 Å². The van der Waals surface area contributed by atoms with E-state index in [2.05, 4.69) is 11.7 Å². The summed E-state index contributed by atoms with van der Waals surface area (Å²) in [4.78, 5) is 36.1. The number of nitrogens with zero attached hydrogens (tertiary/aromatic N) is 1. The number of methoxy groups -OCH3 is 1. The van der Waals surface area contributed by atoms with Gasteiger partial charge in [0.25, 0.3) is 0 Å². The van der Waals surface area contributed by atoms with Gasteiger partial charge in [-0.3, -0.25) is 0 Å². The van der Waals surface area contributed by atoms with Gasteiger partial charge < -0.3 is 19.5 Å². The molecular weight excluding hydrogens is 409 g/mol. The molecule has 0 aliphatic heterocycles. The monoisotopic (exact) mass is 441 g/mol. The van der Waals surface area contributed by atoms with Crippen LogP contribution in [0.25, 0.3) is 0 Å². The molecule has 0 aliphatic carbocycles. The van der Waals surface area contributed by atoms with Crippen LogP contribution in [0.2, 0.25) is 0 Å². The molecule has 1 N–H and O–H groups in total. The zero-order valence-electron chi connectivity index (χ0n) is 17.9. The second-order valence-electron chi connectivity index (χ2n) is 6.98. The molecule has 1 aromatic rings. The fourth-order valence-electron chi connectivity index (χ4n) is 2.73. The van der Waals surface area contributed by atoms with Crippen LogP contribution in [0.15, 0.2) is 35.1 Å². The van der Waals surface area contributed by atoms with Crippen molar-refractivity contribution in [2.24, 2.45) is 4.74 Å². The number of carbonyl (C=O) groups excluding carboxylic acids is 1. The van der Waals surface area contributed by atoms with Gasteiger partial charge in [-0.2, -0.15) is 0 Å². The van der Waals surface area contributed by atoms with Crippen LogP contribution in [-0.2, 0) is 30.0 Å². The minimum atomic E-state index is -2.84. The number of carboxylic acids is 1. The van der Waals surface area contributed by atoms with E-state index in [4.69, 9.17) is 14.0 Å². The van der Waals surface area contributed by atoms with E-state index in [1.165, 1.54) is 33.3 Å². The summed E-state index contributed by atoms with van der Waals surface area (Å²) in [6.07, 6.45) is 5.08. The van der Waals surface area contributed by atoms with Crippen molar-refractivity contribution in [2.75, 3.05) is 13.7 Å². The number of hydrogen-bond donors (Lipinski definition) is 1. The maximum Gasteiger partial charge on any atom is 0.363 e. The van der Waals surface area contributed by atoms with Crippen molar-refractivity contribution in [3.63, 3.8) is 0 Å². The Bertz CT molecular complexity index is 683. The molecule has 0 saturated carbocycles. The number of benzene rings is 1. The first-order chi connectivity index (χ1) is 14.3. The van der Waals surface area contributed by atoms with Crippen LogP contribution >= 0.6 is 8.17 Å². The predicted molar refractivity (Wildman–Crippen MR) is 112 cm³/mol. The standard InChI is InChI=1S/C21H32NO7P/c1-4-5-6-7-8-12-15-28-19(23)17(2)29-30(26)22-21(27-3,20(24)25)16-18-13-10-9-11-14-18/h9-11,13-14,17H,4-8,12,15-16H2,1-3H3,(H,24,25)/t17-,21+/m0/s1. The molecule has 0 amide bonds. The van der Waals surface area contributed by atoms with Crippen LogP contribution in [0.1, 0.15) is 57.9 Å². The molecule has 9 heteroatoms. The predicted octanol–water partition coefficient (Wildman–Crippen LogP) is 3.82. The third-order valence-corrected chi connectivity index (χ3v) is 5.51. The number of ether oxygens (including phenoxy) is 2. The molecule has 0 bridgehead atoms. The molecule has 8 nitrogen and oxygen atoms in total. The van der Waals surface area contributed by atoms with Gasteiger partial charge in [0, 0.05) is 13.5 Å². The Morgan fingerprint density at radius 1 is 1.17 bits per heavy atom. The van der Waals surface area contributed by atoms with Crippen molar-refractivity contribution in [2.45, 2.75) is 70.6 Å². The quantitative estimate of drug-likeness (QED) is 0.250. The molecule has 0 aliphatic rings.